The van der Waals surface area contributed by atoms with Gasteiger partial charge in [0.05, 0.1) is 11.2 Å². The molecule has 3 aromatic rings. The van der Waals surface area contributed by atoms with E-state index in [-0.39, 0.29) is 11.5 Å². The fraction of sp³-hybridized carbons (Fsp3) is 0.409. The van der Waals surface area contributed by atoms with Crippen LogP contribution in [0.15, 0.2) is 42.5 Å². The number of rotatable bonds is 3. The molecule has 2 aliphatic rings. The first-order valence-corrected chi connectivity index (χ1v) is 10.2. The third-order valence-electron chi connectivity index (χ3n) is 6.41. The number of piperazine rings is 1. The zero-order valence-electron chi connectivity index (χ0n) is 16.2. The summed E-state index contributed by atoms with van der Waals surface area (Å²) in [5.41, 5.74) is 3.56. The van der Waals surface area contributed by atoms with Crippen molar-refractivity contribution >= 4 is 16.7 Å². The first-order chi connectivity index (χ1) is 13.7. The molecule has 0 saturated carbocycles. The average Bonchev–Trinajstić information content (AvgIpc) is 3.16. The van der Waals surface area contributed by atoms with Gasteiger partial charge in [0, 0.05) is 38.1 Å². The highest BCUT2D eigenvalue weighted by molar-refractivity contribution is 5.90. The Hall–Kier alpha value is -2.44. The van der Waals surface area contributed by atoms with Gasteiger partial charge < -0.3 is 4.90 Å². The Balaban J connectivity index is 1.39. The van der Waals surface area contributed by atoms with E-state index >= 15 is 0 Å². The van der Waals surface area contributed by atoms with Crippen molar-refractivity contribution in [2.45, 2.75) is 25.4 Å². The number of benzene rings is 2. The van der Waals surface area contributed by atoms with Gasteiger partial charge in [-0.1, -0.05) is 31.2 Å². The Morgan fingerprint density at radius 3 is 2.75 bits per heavy atom. The lowest BCUT2D eigenvalue weighted by Gasteiger charge is -2.50. The highest BCUT2D eigenvalue weighted by Gasteiger charge is 2.41. The molecule has 3 heterocycles. The Morgan fingerprint density at radius 2 is 1.93 bits per heavy atom. The molecule has 2 aliphatic heterocycles. The van der Waals surface area contributed by atoms with E-state index in [0.29, 0.717) is 0 Å². The highest BCUT2D eigenvalue weighted by Crippen LogP contribution is 2.36. The molecule has 1 saturated heterocycles. The number of aromatic amines is 1. The summed E-state index contributed by atoms with van der Waals surface area (Å²) < 4.78 is 13.5. The standard InChI is InChI=1S/C22H26FN5/c1-2-22(19-6-4-3-5-16(19)9-10-24-22)28-13-11-27(12-14-28)21-18-8-7-17(23)15-20(18)25-26-21/h3-8,15,24H,2,9-14H2,1H3,(H,25,26). The van der Waals surface area contributed by atoms with Crippen molar-refractivity contribution in [2.75, 3.05) is 37.6 Å². The van der Waals surface area contributed by atoms with E-state index < -0.39 is 0 Å². The molecule has 146 valence electrons. The molecule has 1 unspecified atom stereocenters. The fourth-order valence-electron chi connectivity index (χ4n) is 4.98. The van der Waals surface area contributed by atoms with Crippen molar-refractivity contribution in [3.63, 3.8) is 0 Å². The Morgan fingerprint density at radius 1 is 1.11 bits per heavy atom. The summed E-state index contributed by atoms with van der Waals surface area (Å²) in [5, 5.41) is 12.3. The molecule has 0 radical (unpaired) electrons. The minimum Gasteiger partial charge on any atom is -0.352 e. The molecule has 6 heteroatoms. The van der Waals surface area contributed by atoms with Gasteiger partial charge in [-0.3, -0.25) is 15.3 Å². The molecule has 0 aliphatic carbocycles. The molecule has 2 N–H and O–H groups in total. The predicted molar refractivity (Wildman–Crippen MR) is 110 cm³/mol. The molecule has 2 aromatic carbocycles. The summed E-state index contributed by atoms with van der Waals surface area (Å²) in [6.45, 7) is 7.03. The van der Waals surface area contributed by atoms with Gasteiger partial charge in [-0.15, -0.1) is 0 Å². The zero-order chi connectivity index (χ0) is 19.1. The number of anilines is 1. The maximum atomic E-state index is 13.5. The van der Waals surface area contributed by atoms with E-state index in [1.165, 1.54) is 23.3 Å². The number of H-pyrrole nitrogens is 1. The van der Waals surface area contributed by atoms with Crippen LogP contribution in [0.25, 0.3) is 10.9 Å². The van der Waals surface area contributed by atoms with Crippen LogP contribution < -0.4 is 10.2 Å². The van der Waals surface area contributed by atoms with Crippen LogP contribution >= 0.6 is 0 Å². The van der Waals surface area contributed by atoms with Crippen molar-refractivity contribution in [2.24, 2.45) is 0 Å². The monoisotopic (exact) mass is 379 g/mol. The van der Waals surface area contributed by atoms with E-state index in [9.17, 15) is 4.39 Å². The molecule has 1 atom stereocenters. The van der Waals surface area contributed by atoms with Gasteiger partial charge in [-0.05, 0) is 42.2 Å². The number of halogens is 1. The number of fused-ring (bicyclic) bond motifs is 2. The molecule has 0 amide bonds. The molecule has 0 bridgehead atoms. The Bertz CT molecular complexity index is 992. The summed E-state index contributed by atoms with van der Waals surface area (Å²) in [6.07, 6.45) is 2.13. The fourth-order valence-corrected chi connectivity index (χ4v) is 4.98. The molecule has 0 spiro atoms. The Labute approximate surface area is 164 Å². The van der Waals surface area contributed by atoms with Crippen LogP contribution in [-0.4, -0.2) is 47.8 Å². The summed E-state index contributed by atoms with van der Waals surface area (Å²) in [7, 11) is 0. The van der Waals surface area contributed by atoms with Crippen LogP contribution in [0, 0.1) is 5.82 Å². The molecule has 28 heavy (non-hydrogen) atoms. The van der Waals surface area contributed by atoms with Crippen LogP contribution in [0.1, 0.15) is 24.5 Å². The van der Waals surface area contributed by atoms with E-state index in [1.807, 2.05) is 6.07 Å². The molecule has 1 fully saturated rings. The van der Waals surface area contributed by atoms with Crippen molar-refractivity contribution in [1.82, 2.24) is 20.4 Å². The van der Waals surface area contributed by atoms with Gasteiger partial charge in [0.2, 0.25) is 0 Å². The normalized spacial score (nSPS) is 23.1. The summed E-state index contributed by atoms with van der Waals surface area (Å²) in [4.78, 5) is 4.90. The van der Waals surface area contributed by atoms with E-state index in [1.54, 1.807) is 0 Å². The summed E-state index contributed by atoms with van der Waals surface area (Å²) in [6, 6.07) is 13.7. The number of hydrogen-bond acceptors (Lipinski definition) is 4. The van der Waals surface area contributed by atoms with Crippen LogP contribution in [0.5, 0.6) is 0 Å². The van der Waals surface area contributed by atoms with Crippen LogP contribution in [0.4, 0.5) is 10.2 Å². The largest absolute Gasteiger partial charge is 0.352 e. The maximum Gasteiger partial charge on any atom is 0.158 e. The topological polar surface area (TPSA) is 47.2 Å². The lowest BCUT2D eigenvalue weighted by molar-refractivity contribution is 0.0349. The number of hydrogen-bond donors (Lipinski definition) is 2. The molecule has 5 nitrogen and oxygen atoms in total. The van der Waals surface area contributed by atoms with Gasteiger partial charge in [-0.2, -0.15) is 5.10 Å². The Kier molecular flexibility index (Phi) is 4.33. The molecule has 1 aromatic heterocycles. The molecular formula is C22H26FN5. The second-order valence-electron chi connectivity index (χ2n) is 7.76. The average molecular weight is 379 g/mol. The predicted octanol–water partition coefficient (Wildman–Crippen LogP) is 3.23. The van der Waals surface area contributed by atoms with Gasteiger partial charge in [0.1, 0.15) is 5.82 Å². The maximum absolute atomic E-state index is 13.5. The third-order valence-corrected chi connectivity index (χ3v) is 6.41. The van der Waals surface area contributed by atoms with Crippen molar-refractivity contribution in [3.8, 4) is 0 Å². The zero-order valence-corrected chi connectivity index (χ0v) is 16.2. The summed E-state index contributed by atoms with van der Waals surface area (Å²) >= 11 is 0. The van der Waals surface area contributed by atoms with Crippen LogP contribution in [-0.2, 0) is 12.1 Å². The van der Waals surface area contributed by atoms with Gasteiger partial charge in [0.25, 0.3) is 0 Å². The number of nitrogens with one attached hydrogen (secondary N) is 2. The lowest BCUT2D eigenvalue weighted by Crippen LogP contribution is -2.63. The van der Waals surface area contributed by atoms with Crippen LogP contribution in [0.2, 0.25) is 0 Å². The van der Waals surface area contributed by atoms with E-state index in [0.717, 1.165) is 62.3 Å². The first kappa shape index (κ1) is 17.6. The SMILES string of the molecule is CCC1(N2CCN(c3n[nH]c4cc(F)ccc34)CC2)NCCc2ccccc21. The van der Waals surface area contributed by atoms with Crippen molar-refractivity contribution in [3.05, 3.63) is 59.4 Å². The van der Waals surface area contributed by atoms with E-state index in [2.05, 4.69) is 56.5 Å². The van der Waals surface area contributed by atoms with Crippen molar-refractivity contribution < 1.29 is 4.39 Å². The summed E-state index contributed by atoms with van der Waals surface area (Å²) in [5.74, 6) is 0.691. The van der Waals surface area contributed by atoms with Gasteiger partial charge >= 0.3 is 0 Å². The number of aromatic nitrogens is 2. The number of nitrogens with zero attached hydrogens (tertiary/aromatic N) is 3. The quantitative estimate of drug-likeness (QED) is 0.734. The van der Waals surface area contributed by atoms with E-state index in [4.69, 9.17) is 0 Å². The van der Waals surface area contributed by atoms with Gasteiger partial charge in [-0.25, -0.2) is 4.39 Å². The minimum absolute atomic E-state index is 0.0856. The van der Waals surface area contributed by atoms with Gasteiger partial charge in [0.15, 0.2) is 5.82 Å². The second-order valence-corrected chi connectivity index (χ2v) is 7.76. The van der Waals surface area contributed by atoms with Crippen molar-refractivity contribution in [1.29, 1.82) is 0 Å². The lowest BCUT2D eigenvalue weighted by atomic mass is 9.85. The highest BCUT2D eigenvalue weighted by atomic mass is 19.1. The molecule has 5 rings (SSSR count). The minimum atomic E-state index is -0.237. The molecular weight excluding hydrogens is 353 g/mol. The van der Waals surface area contributed by atoms with Crippen LogP contribution in [0.3, 0.4) is 0 Å². The first-order valence-electron chi connectivity index (χ1n) is 10.2. The third kappa shape index (κ3) is 2.71. The second kappa shape index (κ2) is 6.87. The smallest absolute Gasteiger partial charge is 0.158 e.